The van der Waals surface area contributed by atoms with Gasteiger partial charge in [-0.1, -0.05) is 6.92 Å². The monoisotopic (exact) mass is 374 g/mol. The number of ether oxygens (including phenoxy) is 1. The second kappa shape index (κ2) is 8.45. The molecule has 142 valence electrons. The standard InChI is InChI=1S/C16H27N2O6P/c1-5-22-25(21,23-6-2)10-12(4)13-7-8-14(24-13)18-9-11(3)15(19)17-16(18)20/h9,12-14H,5-8,10H2,1-4H3,(H,17,19,20)/t12-,13+,14-/m1/s1. The van der Waals surface area contributed by atoms with Crippen LogP contribution in [0.1, 0.15) is 45.4 Å². The number of nitrogens with one attached hydrogen (secondary N) is 1. The molecule has 2 heterocycles. The number of aromatic nitrogens is 2. The number of nitrogens with zero attached hydrogens (tertiary/aromatic N) is 1. The van der Waals surface area contributed by atoms with E-state index in [9.17, 15) is 14.2 Å². The van der Waals surface area contributed by atoms with E-state index in [1.807, 2.05) is 6.92 Å². The Balaban J connectivity index is 2.07. The van der Waals surface area contributed by atoms with Crippen molar-refractivity contribution in [1.82, 2.24) is 9.55 Å². The Hall–Kier alpha value is -1.21. The summed E-state index contributed by atoms with van der Waals surface area (Å²) in [5.41, 5.74) is -0.418. The van der Waals surface area contributed by atoms with Gasteiger partial charge in [0, 0.05) is 11.8 Å². The summed E-state index contributed by atoms with van der Waals surface area (Å²) in [7, 11) is -3.14. The Labute approximate surface area is 147 Å². The molecule has 3 atom stereocenters. The molecule has 0 aromatic carbocycles. The summed E-state index contributed by atoms with van der Waals surface area (Å²) in [6.07, 6.45) is 2.57. The minimum Gasteiger partial charge on any atom is -0.354 e. The average molecular weight is 374 g/mol. The van der Waals surface area contributed by atoms with Gasteiger partial charge in [0.25, 0.3) is 5.56 Å². The Morgan fingerprint density at radius 3 is 2.56 bits per heavy atom. The molecule has 1 fully saturated rings. The molecule has 0 unspecified atom stereocenters. The van der Waals surface area contributed by atoms with E-state index in [4.69, 9.17) is 13.8 Å². The largest absolute Gasteiger partial charge is 0.354 e. The second-order valence-corrected chi connectivity index (χ2v) is 8.39. The van der Waals surface area contributed by atoms with E-state index in [1.54, 1.807) is 20.8 Å². The summed E-state index contributed by atoms with van der Waals surface area (Å²) in [6.45, 7) is 7.80. The quantitative estimate of drug-likeness (QED) is 0.702. The molecule has 1 saturated heterocycles. The topological polar surface area (TPSA) is 99.6 Å². The van der Waals surface area contributed by atoms with Crippen molar-refractivity contribution in [3.8, 4) is 0 Å². The summed E-state index contributed by atoms with van der Waals surface area (Å²) in [5, 5.41) is 0. The molecule has 1 aliphatic rings. The maximum absolute atomic E-state index is 12.7. The van der Waals surface area contributed by atoms with E-state index >= 15 is 0 Å². The van der Waals surface area contributed by atoms with E-state index in [2.05, 4.69) is 4.98 Å². The maximum Gasteiger partial charge on any atom is 0.331 e. The number of hydrogen-bond donors (Lipinski definition) is 1. The minimum atomic E-state index is -3.14. The summed E-state index contributed by atoms with van der Waals surface area (Å²) in [6, 6.07) is 0. The van der Waals surface area contributed by atoms with E-state index in [0.717, 1.165) is 6.42 Å². The van der Waals surface area contributed by atoms with Gasteiger partial charge in [0.15, 0.2) is 0 Å². The van der Waals surface area contributed by atoms with E-state index in [1.165, 1.54) is 10.8 Å². The Morgan fingerprint density at radius 1 is 1.32 bits per heavy atom. The molecule has 25 heavy (non-hydrogen) atoms. The maximum atomic E-state index is 12.7. The number of aryl methyl sites for hydroxylation is 1. The third-order valence-electron chi connectivity index (χ3n) is 4.28. The van der Waals surface area contributed by atoms with Crippen LogP contribution in [0.2, 0.25) is 0 Å². The van der Waals surface area contributed by atoms with Crippen molar-refractivity contribution in [2.45, 2.75) is 52.9 Å². The first kappa shape index (κ1) is 20.1. The molecule has 2 rings (SSSR count). The van der Waals surface area contributed by atoms with E-state index in [-0.39, 0.29) is 18.2 Å². The molecule has 8 nitrogen and oxygen atoms in total. The molecule has 0 spiro atoms. The third kappa shape index (κ3) is 4.91. The molecular weight excluding hydrogens is 347 g/mol. The highest BCUT2D eigenvalue weighted by atomic mass is 31.2. The van der Waals surface area contributed by atoms with Crippen LogP contribution >= 0.6 is 7.60 Å². The SMILES string of the molecule is CCOP(=O)(C[C@@H](C)[C@@H]1CC[C@H](n2cc(C)c(=O)[nH]c2=O)O1)OCC. The van der Waals surface area contributed by atoms with Gasteiger partial charge in [0.05, 0.1) is 25.5 Å². The molecule has 0 radical (unpaired) electrons. The lowest BCUT2D eigenvalue weighted by molar-refractivity contribution is -0.0213. The van der Waals surface area contributed by atoms with Gasteiger partial charge in [0.2, 0.25) is 0 Å². The summed E-state index contributed by atoms with van der Waals surface area (Å²) < 4.78 is 30.8. The number of H-pyrrole nitrogens is 1. The first-order valence-corrected chi connectivity index (χ1v) is 10.4. The van der Waals surface area contributed by atoms with Crippen LogP contribution in [-0.2, 0) is 18.3 Å². The molecule has 1 N–H and O–H groups in total. The van der Waals surface area contributed by atoms with Crippen molar-refractivity contribution in [2.24, 2.45) is 5.92 Å². The van der Waals surface area contributed by atoms with Crippen molar-refractivity contribution in [3.63, 3.8) is 0 Å². The van der Waals surface area contributed by atoms with Gasteiger partial charge in [-0.05, 0) is 39.5 Å². The van der Waals surface area contributed by atoms with Crippen molar-refractivity contribution in [1.29, 1.82) is 0 Å². The van der Waals surface area contributed by atoms with Gasteiger partial charge in [-0.15, -0.1) is 0 Å². The molecule has 0 amide bonds. The molecule has 9 heteroatoms. The zero-order valence-corrected chi connectivity index (χ0v) is 16.1. The predicted molar refractivity (Wildman–Crippen MR) is 94.1 cm³/mol. The molecular formula is C16H27N2O6P. The van der Waals surface area contributed by atoms with Crippen LogP contribution in [0, 0.1) is 12.8 Å². The highest BCUT2D eigenvalue weighted by Crippen LogP contribution is 2.51. The minimum absolute atomic E-state index is 0.0477. The fourth-order valence-electron chi connectivity index (χ4n) is 3.07. The lowest BCUT2D eigenvalue weighted by Gasteiger charge is -2.25. The molecule has 1 aromatic heterocycles. The summed E-state index contributed by atoms with van der Waals surface area (Å²) in [5.74, 6) is -0.0477. The van der Waals surface area contributed by atoms with Crippen LogP contribution in [0.15, 0.2) is 15.8 Å². The molecule has 0 bridgehead atoms. The van der Waals surface area contributed by atoms with Gasteiger partial charge in [0.1, 0.15) is 6.23 Å². The van der Waals surface area contributed by atoms with Crippen LogP contribution < -0.4 is 11.2 Å². The van der Waals surface area contributed by atoms with Gasteiger partial charge in [-0.3, -0.25) is 18.9 Å². The first-order valence-electron chi connectivity index (χ1n) is 8.65. The van der Waals surface area contributed by atoms with Crippen molar-refractivity contribution in [2.75, 3.05) is 19.4 Å². The third-order valence-corrected chi connectivity index (χ3v) is 6.61. The van der Waals surface area contributed by atoms with Crippen molar-refractivity contribution >= 4 is 7.60 Å². The smallest absolute Gasteiger partial charge is 0.331 e. The highest BCUT2D eigenvalue weighted by Gasteiger charge is 2.36. The second-order valence-electron chi connectivity index (χ2n) is 6.29. The van der Waals surface area contributed by atoms with Crippen LogP contribution in [0.25, 0.3) is 0 Å². The lowest BCUT2D eigenvalue weighted by atomic mass is 10.0. The van der Waals surface area contributed by atoms with E-state index < -0.39 is 25.1 Å². The summed E-state index contributed by atoms with van der Waals surface area (Å²) in [4.78, 5) is 25.8. The van der Waals surface area contributed by atoms with Crippen LogP contribution in [0.4, 0.5) is 0 Å². The summed E-state index contributed by atoms with van der Waals surface area (Å²) >= 11 is 0. The predicted octanol–water partition coefficient (Wildman–Crippen LogP) is 2.42. The van der Waals surface area contributed by atoms with Crippen LogP contribution in [0.5, 0.6) is 0 Å². The van der Waals surface area contributed by atoms with Gasteiger partial charge in [-0.25, -0.2) is 4.79 Å². The van der Waals surface area contributed by atoms with Gasteiger partial charge >= 0.3 is 13.3 Å². The number of hydrogen-bond acceptors (Lipinski definition) is 6. The van der Waals surface area contributed by atoms with Crippen molar-refractivity contribution in [3.05, 3.63) is 32.6 Å². The van der Waals surface area contributed by atoms with E-state index in [0.29, 0.717) is 25.2 Å². The molecule has 1 aliphatic heterocycles. The molecule has 1 aromatic rings. The average Bonchev–Trinajstić information content (AvgIpc) is 3.01. The lowest BCUT2D eigenvalue weighted by Crippen LogP contribution is -2.33. The van der Waals surface area contributed by atoms with Gasteiger partial charge in [-0.2, -0.15) is 0 Å². The normalized spacial score (nSPS) is 22.2. The number of aromatic amines is 1. The number of rotatable bonds is 8. The van der Waals surface area contributed by atoms with Crippen LogP contribution in [-0.4, -0.2) is 35.0 Å². The Bertz CT molecular complexity index is 733. The highest BCUT2D eigenvalue weighted by molar-refractivity contribution is 7.53. The van der Waals surface area contributed by atoms with Gasteiger partial charge < -0.3 is 13.8 Å². The Morgan fingerprint density at radius 2 is 1.96 bits per heavy atom. The van der Waals surface area contributed by atoms with Crippen molar-refractivity contribution < 1.29 is 18.3 Å². The fourth-order valence-corrected chi connectivity index (χ4v) is 5.09. The van der Waals surface area contributed by atoms with Crippen LogP contribution in [0.3, 0.4) is 0 Å². The zero-order chi connectivity index (χ0) is 18.6. The zero-order valence-electron chi connectivity index (χ0n) is 15.2. The molecule has 0 saturated carbocycles. The molecule has 0 aliphatic carbocycles. The first-order chi connectivity index (χ1) is 11.8. The fraction of sp³-hybridized carbons (Fsp3) is 0.750. The Kier molecular flexibility index (Phi) is 6.79.